The SMILES string of the molecule is CN(Cc1nc2ccccc2c(=O)[nH]1)C(=O)C(=O)NC1CCC(c2nc3ccccc3[nH]2)CC1. The zero-order valence-electron chi connectivity index (χ0n) is 18.9. The summed E-state index contributed by atoms with van der Waals surface area (Å²) in [6.07, 6.45) is 3.34. The van der Waals surface area contributed by atoms with E-state index >= 15 is 0 Å². The molecule has 3 N–H and O–H groups in total. The van der Waals surface area contributed by atoms with Gasteiger partial charge in [-0.25, -0.2) is 9.97 Å². The number of nitrogens with zero attached hydrogens (tertiary/aromatic N) is 3. The number of aromatic nitrogens is 4. The first-order valence-corrected chi connectivity index (χ1v) is 11.5. The van der Waals surface area contributed by atoms with Crippen molar-refractivity contribution in [3.8, 4) is 0 Å². The standard InChI is InChI=1S/C25H26N6O3/c1-31(14-21-27-18-7-3-2-6-17(18)23(32)30-21)25(34)24(33)26-16-12-10-15(11-13-16)22-28-19-8-4-5-9-20(19)29-22/h2-9,15-16H,10-14H2,1H3,(H,26,33)(H,28,29)(H,27,30,32). The molecule has 0 spiro atoms. The van der Waals surface area contributed by atoms with Crippen LogP contribution in [-0.4, -0.2) is 49.7 Å². The first kappa shape index (κ1) is 21.8. The lowest BCUT2D eigenvalue weighted by atomic mass is 9.85. The first-order valence-electron chi connectivity index (χ1n) is 11.5. The minimum absolute atomic E-state index is 0.0329. The van der Waals surface area contributed by atoms with Gasteiger partial charge in [-0.2, -0.15) is 0 Å². The Bertz CT molecular complexity index is 1380. The molecular weight excluding hydrogens is 432 g/mol. The summed E-state index contributed by atoms with van der Waals surface area (Å²) in [5.74, 6) is 0.333. The van der Waals surface area contributed by atoms with Crippen LogP contribution in [0.5, 0.6) is 0 Å². The molecule has 1 saturated carbocycles. The maximum atomic E-state index is 12.6. The lowest BCUT2D eigenvalue weighted by Gasteiger charge is -2.28. The second-order valence-electron chi connectivity index (χ2n) is 8.85. The molecule has 2 aromatic heterocycles. The third kappa shape index (κ3) is 4.41. The normalized spacial score (nSPS) is 18.1. The number of imidazole rings is 1. The van der Waals surface area contributed by atoms with Crippen LogP contribution < -0.4 is 10.9 Å². The first-order chi connectivity index (χ1) is 16.5. The van der Waals surface area contributed by atoms with E-state index in [1.54, 1.807) is 24.3 Å². The highest BCUT2D eigenvalue weighted by molar-refractivity contribution is 6.34. The number of carbonyl (C=O) groups excluding carboxylic acids is 2. The zero-order chi connectivity index (χ0) is 23.7. The summed E-state index contributed by atoms with van der Waals surface area (Å²) >= 11 is 0. The molecule has 1 aliphatic carbocycles. The van der Waals surface area contributed by atoms with Crippen LogP contribution in [0.25, 0.3) is 21.9 Å². The van der Waals surface area contributed by atoms with E-state index in [-0.39, 0.29) is 18.1 Å². The van der Waals surface area contributed by atoms with Gasteiger partial charge in [-0.05, 0) is 49.9 Å². The van der Waals surface area contributed by atoms with Crippen molar-refractivity contribution in [2.75, 3.05) is 7.05 Å². The van der Waals surface area contributed by atoms with Crippen LogP contribution in [0.3, 0.4) is 0 Å². The molecule has 2 amide bonds. The van der Waals surface area contributed by atoms with Gasteiger partial charge in [0.2, 0.25) is 0 Å². The Morgan fingerprint density at radius 1 is 0.971 bits per heavy atom. The number of hydrogen-bond donors (Lipinski definition) is 3. The van der Waals surface area contributed by atoms with Gasteiger partial charge in [0.15, 0.2) is 0 Å². The molecule has 1 aliphatic rings. The average molecular weight is 459 g/mol. The largest absolute Gasteiger partial charge is 0.345 e. The molecule has 9 nitrogen and oxygen atoms in total. The summed E-state index contributed by atoms with van der Waals surface area (Å²) in [6, 6.07) is 14.9. The maximum Gasteiger partial charge on any atom is 0.312 e. The van der Waals surface area contributed by atoms with Gasteiger partial charge in [0, 0.05) is 19.0 Å². The van der Waals surface area contributed by atoms with E-state index in [0.717, 1.165) is 42.5 Å². The number of hydrogen-bond acceptors (Lipinski definition) is 5. The molecule has 0 bridgehead atoms. The minimum atomic E-state index is -0.657. The lowest BCUT2D eigenvalue weighted by Crippen LogP contribution is -2.46. The third-order valence-electron chi connectivity index (χ3n) is 6.45. The van der Waals surface area contributed by atoms with Gasteiger partial charge in [0.1, 0.15) is 11.6 Å². The fourth-order valence-corrected chi connectivity index (χ4v) is 4.60. The molecule has 0 saturated heterocycles. The maximum absolute atomic E-state index is 12.6. The number of carbonyl (C=O) groups is 2. The number of rotatable bonds is 4. The highest BCUT2D eigenvalue weighted by Gasteiger charge is 2.28. The lowest BCUT2D eigenvalue weighted by molar-refractivity contribution is -0.145. The van der Waals surface area contributed by atoms with Gasteiger partial charge in [0.05, 0.1) is 28.5 Å². The van der Waals surface area contributed by atoms with Gasteiger partial charge >= 0.3 is 11.8 Å². The summed E-state index contributed by atoms with van der Waals surface area (Å²) in [5, 5.41) is 3.35. The molecular formula is C25H26N6O3. The summed E-state index contributed by atoms with van der Waals surface area (Å²) in [5.41, 5.74) is 2.27. The van der Waals surface area contributed by atoms with Crippen molar-refractivity contribution in [1.82, 2.24) is 30.2 Å². The number of nitrogens with one attached hydrogen (secondary N) is 3. The van der Waals surface area contributed by atoms with Crippen LogP contribution >= 0.6 is 0 Å². The average Bonchev–Trinajstić information content (AvgIpc) is 3.28. The van der Waals surface area contributed by atoms with E-state index in [0.29, 0.717) is 22.6 Å². The molecule has 2 aromatic carbocycles. The van der Waals surface area contributed by atoms with Gasteiger partial charge < -0.3 is 20.2 Å². The fraction of sp³-hybridized carbons (Fsp3) is 0.320. The topological polar surface area (TPSA) is 124 Å². The number of H-pyrrole nitrogens is 2. The van der Waals surface area contributed by atoms with Crippen molar-refractivity contribution in [1.29, 1.82) is 0 Å². The molecule has 34 heavy (non-hydrogen) atoms. The molecule has 0 radical (unpaired) electrons. The van der Waals surface area contributed by atoms with E-state index < -0.39 is 11.8 Å². The van der Waals surface area contributed by atoms with Crippen LogP contribution in [0.2, 0.25) is 0 Å². The number of amides is 2. The highest BCUT2D eigenvalue weighted by atomic mass is 16.2. The predicted molar refractivity (Wildman–Crippen MR) is 128 cm³/mol. The number of aromatic amines is 2. The molecule has 1 fully saturated rings. The van der Waals surface area contributed by atoms with Crippen LogP contribution in [0.1, 0.15) is 43.3 Å². The quantitative estimate of drug-likeness (QED) is 0.406. The Kier molecular flexibility index (Phi) is 5.83. The van der Waals surface area contributed by atoms with Crippen molar-refractivity contribution in [2.45, 2.75) is 44.2 Å². The number of likely N-dealkylation sites (N-methyl/N-ethyl adjacent to an activating group) is 1. The fourth-order valence-electron chi connectivity index (χ4n) is 4.60. The summed E-state index contributed by atoms with van der Waals surface area (Å²) in [6.45, 7) is 0.0329. The molecule has 174 valence electrons. The number of para-hydroxylation sites is 3. The Labute approximate surface area is 195 Å². The molecule has 0 aliphatic heterocycles. The third-order valence-corrected chi connectivity index (χ3v) is 6.45. The van der Waals surface area contributed by atoms with Crippen LogP contribution in [0, 0.1) is 0 Å². The molecule has 5 rings (SSSR count). The molecule has 9 heteroatoms. The summed E-state index contributed by atoms with van der Waals surface area (Å²) in [4.78, 5) is 53.9. The van der Waals surface area contributed by atoms with Crippen molar-refractivity contribution in [3.63, 3.8) is 0 Å². The van der Waals surface area contributed by atoms with Gasteiger partial charge in [0.25, 0.3) is 5.56 Å². The van der Waals surface area contributed by atoms with Crippen LogP contribution in [0.15, 0.2) is 53.3 Å². The van der Waals surface area contributed by atoms with Gasteiger partial charge in [-0.3, -0.25) is 14.4 Å². The van der Waals surface area contributed by atoms with Crippen molar-refractivity contribution < 1.29 is 9.59 Å². The van der Waals surface area contributed by atoms with E-state index in [4.69, 9.17) is 4.98 Å². The van der Waals surface area contributed by atoms with Gasteiger partial charge in [-0.1, -0.05) is 24.3 Å². The van der Waals surface area contributed by atoms with E-state index in [9.17, 15) is 14.4 Å². The van der Waals surface area contributed by atoms with Crippen molar-refractivity contribution in [3.05, 3.63) is 70.5 Å². The van der Waals surface area contributed by atoms with Crippen molar-refractivity contribution >= 4 is 33.8 Å². The van der Waals surface area contributed by atoms with Gasteiger partial charge in [-0.15, -0.1) is 0 Å². The Hall–Kier alpha value is -4.01. The summed E-state index contributed by atoms with van der Waals surface area (Å²) in [7, 11) is 1.52. The number of fused-ring (bicyclic) bond motifs is 2. The minimum Gasteiger partial charge on any atom is -0.345 e. The second kappa shape index (κ2) is 9.09. The van der Waals surface area contributed by atoms with E-state index in [2.05, 4.69) is 20.3 Å². The van der Waals surface area contributed by atoms with E-state index in [1.165, 1.54) is 11.9 Å². The molecule has 0 unspecified atom stereocenters. The Balaban J connectivity index is 1.16. The second-order valence-corrected chi connectivity index (χ2v) is 8.85. The summed E-state index contributed by atoms with van der Waals surface area (Å²) < 4.78 is 0. The van der Waals surface area contributed by atoms with Crippen LogP contribution in [-0.2, 0) is 16.1 Å². The Morgan fingerprint density at radius 3 is 2.44 bits per heavy atom. The zero-order valence-corrected chi connectivity index (χ0v) is 18.9. The predicted octanol–water partition coefficient (Wildman–Crippen LogP) is 2.60. The Morgan fingerprint density at radius 2 is 1.68 bits per heavy atom. The molecule has 2 heterocycles. The van der Waals surface area contributed by atoms with E-state index in [1.807, 2.05) is 24.3 Å². The molecule has 0 atom stereocenters. The van der Waals surface area contributed by atoms with Crippen LogP contribution in [0.4, 0.5) is 0 Å². The number of benzene rings is 2. The molecule has 4 aromatic rings. The highest BCUT2D eigenvalue weighted by Crippen LogP contribution is 2.32. The monoisotopic (exact) mass is 458 g/mol. The smallest absolute Gasteiger partial charge is 0.312 e. The van der Waals surface area contributed by atoms with Crippen molar-refractivity contribution in [2.24, 2.45) is 0 Å².